The molecule has 0 aliphatic rings. The molecule has 0 radical (unpaired) electrons. The lowest BCUT2D eigenvalue weighted by Crippen LogP contribution is -2.16. The second kappa shape index (κ2) is 5.18. The van der Waals surface area contributed by atoms with Crippen LogP contribution in [0.2, 0.25) is 0 Å². The molecule has 3 rings (SSSR count). The third kappa shape index (κ3) is 2.60. The summed E-state index contributed by atoms with van der Waals surface area (Å²) in [5.41, 5.74) is 0.522. The van der Waals surface area contributed by atoms with E-state index in [4.69, 9.17) is 0 Å². The summed E-state index contributed by atoms with van der Waals surface area (Å²) >= 11 is 0.972. The molecule has 0 saturated heterocycles. The molecule has 0 atom stereocenters. The Kier molecular flexibility index (Phi) is 3.45. The van der Waals surface area contributed by atoms with Crippen molar-refractivity contribution in [2.45, 2.75) is 4.90 Å². The summed E-state index contributed by atoms with van der Waals surface area (Å²) in [4.78, 5) is 12.4. The molecule has 114 valence electrons. The van der Waals surface area contributed by atoms with Crippen LogP contribution in [0.15, 0.2) is 46.1 Å². The molecule has 0 aliphatic heterocycles. The van der Waals surface area contributed by atoms with E-state index in [9.17, 15) is 22.0 Å². The highest BCUT2D eigenvalue weighted by molar-refractivity contribution is 7.92. The van der Waals surface area contributed by atoms with Gasteiger partial charge in [0.05, 0.1) is 15.9 Å². The SMILES string of the molecule is O=c1[nH]c2cc(NS(=O)(=O)c3c(F)cccc3F)ccc2s1. The highest BCUT2D eigenvalue weighted by atomic mass is 32.2. The van der Waals surface area contributed by atoms with Crippen LogP contribution in [0.4, 0.5) is 14.5 Å². The van der Waals surface area contributed by atoms with Gasteiger partial charge in [0, 0.05) is 0 Å². The number of nitrogens with one attached hydrogen (secondary N) is 2. The van der Waals surface area contributed by atoms with Crippen molar-refractivity contribution < 1.29 is 17.2 Å². The molecule has 0 spiro atoms. The average Bonchev–Trinajstić information content (AvgIpc) is 2.77. The van der Waals surface area contributed by atoms with E-state index < -0.39 is 26.6 Å². The molecule has 3 aromatic rings. The van der Waals surface area contributed by atoms with Crippen LogP contribution in [0.1, 0.15) is 0 Å². The van der Waals surface area contributed by atoms with Crippen LogP contribution < -0.4 is 9.60 Å². The number of hydrogen-bond acceptors (Lipinski definition) is 4. The zero-order chi connectivity index (χ0) is 15.9. The summed E-state index contributed by atoms with van der Waals surface area (Å²) in [6.07, 6.45) is 0. The van der Waals surface area contributed by atoms with Crippen molar-refractivity contribution in [1.82, 2.24) is 4.98 Å². The largest absolute Gasteiger partial charge is 0.312 e. The highest BCUT2D eigenvalue weighted by Gasteiger charge is 2.23. The molecule has 2 aromatic carbocycles. The first-order valence-corrected chi connectivity index (χ1v) is 8.26. The lowest BCUT2D eigenvalue weighted by Gasteiger charge is -2.09. The number of aromatic nitrogens is 1. The zero-order valence-corrected chi connectivity index (χ0v) is 12.4. The van der Waals surface area contributed by atoms with Crippen LogP contribution in [0.5, 0.6) is 0 Å². The summed E-state index contributed by atoms with van der Waals surface area (Å²) in [6.45, 7) is 0. The number of anilines is 1. The molecule has 1 heterocycles. The maximum Gasteiger partial charge on any atom is 0.305 e. The number of fused-ring (bicyclic) bond motifs is 1. The van der Waals surface area contributed by atoms with E-state index in [1.54, 1.807) is 0 Å². The first-order valence-electron chi connectivity index (χ1n) is 5.96. The van der Waals surface area contributed by atoms with Crippen molar-refractivity contribution in [2.24, 2.45) is 0 Å². The van der Waals surface area contributed by atoms with Gasteiger partial charge in [0.2, 0.25) is 0 Å². The number of thiazole rings is 1. The third-order valence-corrected chi connectivity index (χ3v) is 5.15. The Morgan fingerprint density at radius 3 is 2.45 bits per heavy atom. The topological polar surface area (TPSA) is 79.0 Å². The Bertz CT molecular complexity index is 1000. The van der Waals surface area contributed by atoms with Crippen LogP contribution in [-0.2, 0) is 10.0 Å². The smallest absolute Gasteiger partial charge is 0.305 e. The third-order valence-electron chi connectivity index (χ3n) is 2.86. The fourth-order valence-corrected chi connectivity index (χ4v) is 3.87. The van der Waals surface area contributed by atoms with Gasteiger partial charge in [0.25, 0.3) is 10.0 Å². The van der Waals surface area contributed by atoms with Crippen molar-refractivity contribution >= 4 is 37.3 Å². The normalized spacial score (nSPS) is 11.7. The standard InChI is InChI=1S/C13H8F2N2O3S2/c14-8-2-1-3-9(15)12(8)22(19,20)17-7-4-5-11-10(6-7)16-13(18)21-11/h1-6,17H,(H,16,18). The van der Waals surface area contributed by atoms with Crippen molar-refractivity contribution in [1.29, 1.82) is 0 Å². The lowest BCUT2D eigenvalue weighted by atomic mass is 10.3. The van der Waals surface area contributed by atoms with Crippen LogP contribution in [0.3, 0.4) is 0 Å². The minimum Gasteiger partial charge on any atom is -0.312 e. The van der Waals surface area contributed by atoms with Gasteiger partial charge < -0.3 is 4.98 Å². The molecular weight excluding hydrogens is 334 g/mol. The molecule has 9 heteroatoms. The number of benzene rings is 2. The minimum absolute atomic E-state index is 0.0872. The van der Waals surface area contributed by atoms with Crippen molar-refractivity contribution in [3.8, 4) is 0 Å². The summed E-state index contributed by atoms with van der Waals surface area (Å²) < 4.78 is 54.2. The summed E-state index contributed by atoms with van der Waals surface area (Å²) in [5, 5.41) is 0. The van der Waals surface area contributed by atoms with E-state index >= 15 is 0 Å². The summed E-state index contributed by atoms with van der Waals surface area (Å²) in [6, 6.07) is 7.11. The average molecular weight is 342 g/mol. The molecule has 0 aliphatic carbocycles. The monoisotopic (exact) mass is 342 g/mol. The van der Waals surface area contributed by atoms with Crippen LogP contribution in [0.25, 0.3) is 10.2 Å². The quantitative estimate of drug-likeness (QED) is 0.768. The molecule has 1 aromatic heterocycles. The second-order valence-electron chi connectivity index (χ2n) is 4.38. The molecule has 0 unspecified atom stereocenters. The van der Waals surface area contributed by atoms with Gasteiger partial charge in [-0.1, -0.05) is 17.4 Å². The molecule has 5 nitrogen and oxygen atoms in total. The molecule has 22 heavy (non-hydrogen) atoms. The first kappa shape index (κ1) is 14.7. The van der Waals surface area contributed by atoms with E-state index in [-0.39, 0.29) is 10.6 Å². The van der Waals surface area contributed by atoms with Gasteiger partial charge in [-0.15, -0.1) is 0 Å². The lowest BCUT2D eigenvalue weighted by molar-refractivity contribution is 0.521. The van der Waals surface area contributed by atoms with Gasteiger partial charge in [-0.25, -0.2) is 17.2 Å². The van der Waals surface area contributed by atoms with E-state index in [1.165, 1.54) is 18.2 Å². The number of halogens is 2. The number of H-pyrrole nitrogens is 1. The Labute approximate surface area is 127 Å². The van der Waals surface area contributed by atoms with Gasteiger partial charge in [-0.05, 0) is 30.3 Å². The highest BCUT2D eigenvalue weighted by Crippen LogP contribution is 2.24. The predicted molar refractivity (Wildman–Crippen MR) is 79.6 cm³/mol. The number of rotatable bonds is 3. The molecular formula is C13H8F2N2O3S2. The van der Waals surface area contributed by atoms with Crippen molar-refractivity contribution in [3.63, 3.8) is 0 Å². The van der Waals surface area contributed by atoms with E-state index in [0.29, 0.717) is 10.2 Å². The molecule has 2 N–H and O–H groups in total. The van der Waals surface area contributed by atoms with Crippen molar-refractivity contribution in [3.05, 3.63) is 57.7 Å². The maximum absolute atomic E-state index is 13.6. The van der Waals surface area contributed by atoms with Gasteiger partial charge in [-0.2, -0.15) is 0 Å². The Morgan fingerprint density at radius 1 is 1.09 bits per heavy atom. The fraction of sp³-hybridized carbons (Fsp3) is 0. The number of sulfonamides is 1. The van der Waals surface area contributed by atoms with E-state index in [1.807, 2.05) is 0 Å². The van der Waals surface area contributed by atoms with Gasteiger partial charge in [0.1, 0.15) is 11.6 Å². The van der Waals surface area contributed by atoms with Crippen molar-refractivity contribution in [2.75, 3.05) is 4.72 Å². The Hall–Kier alpha value is -2.26. The Morgan fingerprint density at radius 2 is 1.77 bits per heavy atom. The van der Waals surface area contributed by atoms with Crippen LogP contribution >= 0.6 is 11.3 Å². The second-order valence-corrected chi connectivity index (χ2v) is 7.02. The van der Waals surface area contributed by atoms with Crippen LogP contribution in [0, 0.1) is 11.6 Å². The fourth-order valence-electron chi connectivity index (χ4n) is 1.96. The zero-order valence-electron chi connectivity index (χ0n) is 10.8. The minimum atomic E-state index is -4.43. The summed E-state index contributed by atoms with van der Waals surface area (Å²) in [7, 11) is -4.43. The van der Waals surface area contributed by atoms with Gasteiger partial charge >= 0.3 is 4.87 Å². The first-order chi connectivity index (χ1) is 10.4. The number of hydrogen-bond donors (Lipinski definition) is 2. The van der Waals surface area contributed by atoms with Gasteiger partial charge in [-0.3, -0.25) is 9.52 Å². The summed E-state index contributed by atoms with van der Waals surface area (Å²) in [5.74, 6) is -2.37. The molecule has 0 saturated carbocycles. The van der Waals surface area contributed by atoms with E-state index in [0.717, 1.165) is 29.5 Å². The predicted octanol–water partition coefficient (Wildman–Crippen LogP) is 2.67. The molecule has 0 bridgehead atoms. The Balaban J connectivity index is 2.04. The maximum atomic E-state index is 13.6. The molecule has 0 amide bonds. The number of aromatic amines is 1. The molecule has 0 fully saturated rings. The van der Waals surface area contributed by atoms with E-state index in [2.05, 4.69) is 9.71 Å². The van der Waals surface area contributed by atoms with Gasteiger partial charge in [0.15, 0.2) is 4.90 Å². The van der Waals surface area contributed by atoms with Crippen LogP contribution in [-0.4, -0.2) is 13.4 Å².